The van der Waals surface area contributed by atoms with Crippen molar-refractivity contribution < 1.29 is 18.3 Å². The van der Waals surface area contributed by atoms with Crippen molar-refractivity contribution in [3.8, 4) is 11.5 Å². The molecule has 2 N–H and O–H groups in total. The first kappa shape index (κ1) is 13.7. The van der Waals surface area contributed by atoms with Gasteiger partial charge >= 0.3 is 0 Å². The van der Waals surface area contributed by atoms with E-state index in [-0.39, 0.29) is 11.3 Å². The van der Waals surface area contributed by atoms with Gasteiger partial charge in [0.25, 0.3) is 5.92 Å². The molecule has 0 aliphatic rings. The maximum absolute atomic E-state index is 14.0. The smallest absolute Gasteiger partial charge is 0.291 e. The van der Waals surface area contributed by atoms with Crippen LogP contribution >= 0.6 is 0 Å². The summed E-state index contributed by atoms with van der Waals surface area (Å²) in [5.41, 5.74) is 5.54. The lowest BCUT2D eigenvalue weighted by Gasteiger charge is -2.25. The average molecular weight is 245 g/mol. The van der Waals surface area contributed by atoms with Crippen LogP contribution in [-0.4, -0.2) is 20.3 Å². The number of ether oxygens (including phenoxy) is 2. The Morgan fingerprint density at radius 1 is 1.24 bits per heavy atom. The van der Waals surface area contributed by atoms with E-state index in [2.05, 4.69) is 0 Å². The molecule has 96 valence electrons. The summed E-state index contributed by atoms with van der Waals surface area (Å²) in [6.07, 6.45) is 0. The molecule has 1 rings (SSSR count). The van der Waals surface area contributed by atoms with Crippen LogP contribution in [0.25, 0.3) is 0 Å². The molecule has 1 aromatic rings. The second-order valence-corrected chi connectivity index (χ2v) is 3.93. The van der Waals surface area contributed by atoms with Crippen LogP contribution < -0.4 is 15.2 Å². The molecule has 0 amide bonds. The number of nitrogens with two attached hydrogens (primary N) is 1. The second-order valence-electron chi connectivity index (χ2n) is 3.93. The Morgan fingerprint density at radius 3 is 2.24 bits per heavy atom. The summed E-state index contributed by atoms with van der Waals surface area (Å²) in [7, 11) is 2.81. The summed E-state index contributed by atoms with van der Waals surface area (Å²) < 4.78 is 38.0. The lowest BCUT2D eigenvalue weighted by molar-refractivity contribution is -0.0282. The molecule has 17 heavy (non-hydrogen) atoms. The molecule has 0 fully saturated rings. The van der Waals surface area contributed by atoms with Gasteiger partial charge in [-0.2, -0.15) is 8.78 Å². The monoisotopic (exact) mass is 245 g/mol. The topological polar surface area (TPSA) is 44.5 Å². The molecule has 0 aliphatic heterocycles. The molecule has 1 aromatic carbocycles. The van der Waals surface area contributed by atoms with Crippen molar-refractivity contribution in [1.82, 2.24) is 0 Å². The van der Waals surface area contributed by atoms with E-state index in [0.29, 0.717) is 11.3 Å². The molecule has 0 aromatic heterocycles. The SMILES string of the molecule is COc1cc(C)c(C(F)(F)C(C)N)c(OC)c1. The molecular formula is C12H17F2NO2. The van der Waals surface area contributed by atoms with Gasteiger partial charge in [0.15, 0.2) is 0 Å². The van der Waals surface area contributed by atoms with Crippen molar-refractivity contribution in [2.45, 2.75) is 25.8 Å². The lowest BCUT2D eigenvalue weighted by atomic mass is 9.96. The molecule has 0 spiro atoms. The molecule has 0 saturated heterocycles. The van der Waals surface area contributed by atoms with Crippen molar-refractivity contribution in [2.24, 2.45) is 5.73 Å². The fourth-order valence-electron chi connectivity index (χ4n) is 1.66. The van der Waals surface area contributed by atoms with Crippen molar-refractivity contribution in [3.05, 3.63) is 23.3 Å². The predicted octanol–water partition coefficient (Wildman–Crippen LogP) is 2.45. The summed E-state index contributed by atoms with van der Waals surface area (Å²) in [4.78, 5) is 0. The Balaban J connectivity index is 3.42. The largest absolute Gasteiger partial charge is 0.497 e. The van der Waals surface area contributed by atoms with Gasteiger partial charge in [0.05, 0.1) is 25.8 Å². The molecule has 1 unspecified atom stereocenters. The predicted molar refractivity (Wildman–Crippen MR) is 61.8 cm³/mol. The highest BCUT2D eigenvalue weighted by atomic mass is 19.3. The number of aryl methyl sites for hydroxylation is 1. The highest BCUT2D eigenvalue weighted by molar-refractivity contribution is 5.49. The molecule has 5 heteroatoms. The first-order valence-corrected chi connectivity index (χ1v) is 5.21. The minimum Gasteiger partial charge on any atom is -0.497 e. The van der Waals surface area contributed by atoms with Gasteiger partial charge in [0, 0.05) is 6.07 Å². The van der Waals surface area contributed by atoms with E-state index in [1.165, 1.54) is 33.3 Å². The molecule has 0 radical (unpaired) electrons. The normalized spacial score (nSPS) is 13.4. The summed E-state index contributed by atoms with van der Waals surface area (Å²) in [5.74, 6) is -2.57. The third-order valence-corrected chi connectivity index (χ3v) is 2.63. The van der Waals surface area contributed by atoms with Gasteiger partial charge in [-0.25, -0.2) is 0 Å². The highest BCUT2D eigenvalue weighted by Gasteiger charge is 2.40. The van der Waals surface area contributed by atoms with Crippen LogP contribution in [0.5, 0.6) is 11.5 Å². The standard InChI is InChI=1S/C12H17F2NO2/c1-7-5-9(16-3)6-10(17-4)11(7)12(13,14)8(2)15/h5-6,8H,15H2,1-4H3. The minimum absolute atomic E-state index is 0.0872. The zero-order valence-electron chi connectivity index (χ0n) is 10.4. The maximum atomic E-state index is 14.0. The Hall–Kier alpha value is -1.36. The Bertz CT molecular complexity index is 406. The van der Waals surface area contributed by atoms with Crippen LogP contribution in [0.15, 0.2) is 12.1 Å². The Kier molecular flexibility index (Phi) is 3.93. The fourth-order valence-corrected chi connectivity index (χ4v) is 1.66. The van der Waals surface area contributed by atoms with Crippen molar-refractivity contribution in [2.75, 3.05) is 14.2 Å². The zero-order valence-corrected chi connectivity index (χ0v) is 10.4. The summed E-state index contributed by atoms with van der Waals surface area (Å²) in [5, 5.41) is 0. The minimum atomic E-state index is -3.14. The fraction of sp³-hybridized carbons (Fsp3) is 0.500. The molecular weight excluding hydrogens is 228 g/mol. The average Bonchev–Trinajstić information content (AvgIpc) is 2.26. The van der Waals surface area contributed by atoms with Gasteiger partial charge in [-0.1, -0.05) is 0 Å². The number of methoxy groups -OCH3 is 2. The van der Waals surface area contributed by atoms with E-state index >= 15 is 0 Å². The summed E-state index contributed by atoms with van der Waals surface area (Å²) in [6.45, 7) is 2.85. The van der Waals surface area contributed by atoms with Crippen LogP contribution in [-0.2, 0) is 5.92 Å². The second kappa shape index (κ2) is 4.87. The molecule has 3 nitrogen and oxygen atoms in total. The number of benzene rings is 1. The van der Waals surface area contributed by atoms with E-state index in [1.54, 1.807) is 6.92 Å². The third-order valence-electron chi connectivity index (χ3n) is 2.63. The van der Waals surface area contributed by atoms with Gasteiger partial charge in [-0.15, -0.1) is 0 Å². The van der Waals surface area contributed by atoms with Gasteiger partial charge in [-0.3, -0.25) is 0 Å². The van der Waals surface area contributed by atoms with Crippen molar-refractivity contribution in [1.29, 1.82) is 0 Å². The van der Waals surface area contributed by atoms with E-state index in [9.17, 15) is 8.78 Å². The van der Waals surface area contributed by atoms with Crippen molar-refractivity contribution in [3.63, 3.8) is 0 Å². The molecule has 1 atom stereocenters. The molecule has 0 saturated carbocycles. The molecule has 0 bridgehead atoms. The van der Waals surface area contributed by atoms with Crippen molar-refractivity contribution >= 4 is 0 Å². The highest BCUT2D eigenvalue weighted by Crippen LogP contribution is 2.41. The third kappa shape index (κ3) is 2.49. The van der Waals surface area contributed by atoms with E-state index < -0.39 is 12.0 Å². The van der Waals surface area contributed by atoms with Gasteiger partial charge in [-0.05, 0) is 25.5 Å². The summed E-state index contributed by atoms with van der Waals surface area (Å²) >= 11 is 0. The van der Waals surface area contributed by atoms with Crippen LogP contribution in [0.4, 0.5) is 8.78 Å². The lowest BCUT2D eigenvalue weighted by Crippen LogP contribution is -2.36. The van der Waals surface area contributed by atoms with Crippen LogP contribution in [0, 0.1) is 6.92 Å². The van der Waals surface area contributed by atoms with Gasteiger partial charge < -0.3 is 15.2 Å². The molecule has 0 heterocycles. The van der Waals surface area contributed by atoms with E-state index in [0.717, 1.165) is 0 Å². The zero-order chi connectivity index (χ0) is 13.2. The van der Waals surface area contributed by atoms with Crippen LogP contribution in [0.3, 0.4) is 0 Å². The number of rotatable bonds is 4. The van der Waals surface area contributed by atoms with Gasteiger partial charge in [0.1, 0.15) is 11.5 Å². The first-order valence-electron chi connectivity index (χ1n) is 5.21. The summed E-state index contributed by atoms with van der Waals surface area (Å²) in [6, 6.07) is 1.68. The number of halogens is 2. The quantitative estimate of drug-likeness (QED) is 0.886. The van der Waals surface area contributed by atoms with Gasteiger partial charge in [0.2, 0.25) is 0 Å². The van der Waals surface area contributed by atoms with Crippen LogP contribution in [0.2, 0.25) is 0 Å². The maximum Gasteiger partial charge on any atom is 0.291 e. The number of hydrogen-bond donors (Lipinski definition) is 1. The van der Waals surface area contributed by atoms with Crippen LogP contribution in [0.1, 0.15) is 18.1 Å². The Morgan fingerprint density at radius 2 is 1.82 bits per heavy atom. The number of hydrogen-bond acceptors (Lipinski definition) is 3. The number of alkyl halides is 2. The molecule has 0 aliphatic carbocycles. The Labute approximate surface area is 99.5 Å². The van der Waals surface area contributed by atoms with E-state index in [4.69, 9.17) is 15.2 Å². The van der Waals surface area contributed by atoms with E-state index in [1.807, 2.05) is 0 Å². The first-order chi connectivity index (χ1) is 7.84.